The van der Waals surface area contributed by atoms with E-state index in [1.54, 1.807) is 0 Å². The van der Waals surface area contributed by atoms with Crippen molar-refractivity contribution in [1.29, 1.82) is 0 Å². The van der Waals surface area contributed by atoms with Crippen LogP contribution in [0.15, 0.2) is 42.5 Å². The molecule has 0 heterocycles. The number of ether oxygens (including phenoxy) is 1. The number of hydrogen-bond acceptors (Lipinski definition) is 2. The van der Waals surface area contributed by atoms with Gasteiger partial charge < -0.3 is 4.74 Å². The first-order valence-electron chi connectivity index (χ1n) is 7.03. The number of hydrogen-bond donors (Lipinski definition) is 0. The van der Waals surface area contributed by atoms with E-state index in [-0.39, 0.29) is 0 Å². The van der Waals surface area contributed by atoms with Gasteiger partial charge >= 0.3 is 0 Å². The molecule has 2 heteroatoms. The zero-order chi connectivity index (χ0) is 14.4. The Morgan fingerprint density at radius 2 is 1.75 bits per heavy atom. The fraction of sp³-hybridized carbons (Fsp3) is 0.278. The summed E-state index contributed by atoms with van der Waals surface area (Å²) < 4.78 is 5.65. The Kier molecular flexibility index (Phi) is 4.94. The summed E-state index contributed by atoms with van der Waals surface area (Å²) in [5.74, 6) is 0.671. The fourth-order valence-corrected chi connectivity index (χ4v) is 2.02. The van der Waals surface area contributed by atoms with E-state index in [0.717, 1.165) is 30.3 Å². The number of rotatable bonds is 6. The average molecular weight is 268 g/mol. The molecule has 0 amide bonds. The van der Waals surface area contributed by atoms with Crippen LogP contribution in [0.2, 0.25) is 0 Å². The molecule has 0 unspecified atom stereocenters. The number of carbonyl (C=O) groups is 1. The smallest absolute Gasteiger partial charge is 0.153 e. The number of carbonyl (C=O) groups excluding carboxylic acids is 1. The van der Waals surface area contributed by atoms with Gasteiger partial charge in [-0.15, -0.1) is 0 Å². The molecule has 0 N–H and O–H groups in total. The van der Waals surface area contributed by atoms with Gasteiger partial charge in [0.1, 0.15) is 5.75 Å². The van der Waals surface area contributed by atoms with E-state index in [9.17, 15) is 4.79 Å². The SMILES string of the molecule is CCCCOc1ccc(-c2ccc(C)cc2)cc1C=O. The van der Waals surface area contributed by atoms with Gasteiger partial charge in [-0.2, -0.15) is 0 Å². The van der Waals surface area contributed by atoms with Crippen LogP contribution >= 0.6 is 0 Å². The van der Waals surface area contributed by atoms with Gasteiger partial charge in [0.15, 0.2) is 6.29 Å². The molecule has 2 nitrogen and oxygen atoms in total. The van der Waals surface area contributed by atoms with Gasteiger partial charge in [-0.05, 0) is 36.6 Å². The third-order valence-electron chi connectivity index (χ3n) is 3.28. The van der Waals surface area contributed by atoms with Gasteiger partial charge in [-0.1, -0.05) is 49.2 Å². The number of aryl methyl sites for hydroxylation is 1. The minimum absolute atomic E-state index is 0.610. The Bertz CT molecular complexity index is 570. The van der Waals surface area contributed by atoms with Crippen molar-refractivity contribution in [2.75, 3.05) is 6.61 Å². The molecule has 20 heavy (non-hydrogen) atoms. The molecule has 0 radical (unpaired) electrons. The van der Waals surface area contributed by atoms with E-state index < -0.39 is 0 Å². The second-order valence-corrected chi connectivity index (χ2v) is 4.94. The summed E-state index contributed by atoms with van der Waals surface area (Å²) in [6.07, 6.45) is 2.94. The quantitative estimate of drug-likeness (QED) is 0.563. The minimum Gasteiger partial charge on any atom is -0.493 e. The molecule has 0 saturated heterocycles. The monoisotopic (exact) mass is 268 g/mol. The zero-order valence-corrected chi connectivity index (χ0v) is 12.1. The van der Waals surface area contributed by atoms with Crippen molar-refractivity contribution in [2.45, 2.75) is 26.7 Å². The summed E-state index contributed by atoms with van der Waals surface area (Å²) in [5, 5.41) is 0. The van der Waals surface area contributed by atoms with E-state index >= 15 is 0 Å². The highest BCUT2D eigenvalue weighted by Crippen LogP contribution is 2.26. The second kappa shape index (κ2) is 6.90. The first-order chi connectivity index (χ1) is 9.74. The van der Waals surface area contributed by atoms with E-state index in [4.69, 9.17) is 4.74 Å². The van der Waals surface area contributed by atoms with Crippen LogP contribution in [0.1, 0.15) is 35.7 Å². The van der Waals surface area contributed by atoms with Crippen molar-refractivity contribution in [3.63, 3.8) is 0 Å². The molecular formula is C18H20O2. The highest BCUT2D eigenvalue weighted by atomic mass is 16.5. The lowest BCUT2D eigenvalue weighted by Gasteiger charge is -2.10. The Morgan fingerprint density at radius 1 is 1.05 bits per heavy atom. The molecule has 0 fully saturated rings. The van der Waals surface area contributed by atoms with Crippen LogP contribution in [0, 0.1) is 6.92 Å². The van der Waals surface area contributed by atoms with Crippen LogP contribution < -0.4 is 4.74 Å². The maximum absolute atomic E-state index is 11.2. The molecule has 0 spiro atoms. The molecule has 2 aromatic rings. The van der Waals surface area contributed by atoms with Crippen LogP contribution in [-0.2, 0) is 0 Å². The molecule has 2 aromatic carbocycles. The lowest BCUT2D eigenvalue weighted by Crippen LogP contribution is -1.99. The van der Waals surface area contributed by atoms with Crippen LogP contribution in [0.5, 0.6) is 5.75 Å². The molecule has 0 saturated carbocycles. The molecule has 0 aromatic heterocycles. The number of aldehydes is 1. The van der Waals surface area contributed by atoms with Gasteiger partial charge in [-0.3, -0.25) is 4.79 Å². The molecular weight excluding hydrogens is 248 g/mol. The van der Waals surface area contributed by atoms with Crippen LogP contribution in [-0.4, -0.2) is 12.9 Å². The Labute approximate surface area is 120 Å². The summed E-state index contributed by atoms with van der Waals surface area (Å²) in [6.45, 7) is 4.83. The Morgan fingerprint density at radius 3 is 2.40 bits per heavy atom. The predicted molar refractivity (Wildman–Crippen MR) is 82.4 cm³/mol. The first kappa shape index (κ1) is 14.3. The largest absolute Gasteiger partial charge is 0.493 e. The maximum atomic E-state index is 11.2. The van der Waals surface area contributed by atoms with Gasteiger partial charge in [0.2, 0.25) is 0 Å². The Hall–Kier alpha value is -2.09. The third kappa shape index (κ3) is 3.47. The van der Waals surface area contributed by atoms with Crippen molar-refractivity contribution in [3.05, 3.63) is 53.6 Å². The highest BCUT2D eigenvalue weighted by molar-refractivity contribution is 5.83. The van der Waals surface area contributed by atoms with Gasteiger partial charge in [-0.25, -0.2) is 0 Å². The summed E-state index contributed by atoms with van der Waals surface area (Å²) in [6, 6.07) is 14.0. The maximum Gasteiger partial charge on any atom is 0.153 e. The van der Waals surface area contributed by atoms with E-state index in [0.29, 0.717) is 17.9 Å². The van der Waals surface area contributed by atoms with Crippen LogP contribution in [0.25, 0.3) is 11.1 Å². The standard InChI is InChI=1S/C18H20O2/c1-3-4-11-20-18-10-9-16(12-17(18)13-19)15-7-5-14(2)6-8-15/h5-10,12-13H,3-4,11H2,1-2H3. The van der Waals surface area contributed by atoms with Crippen LogP contribution in [0.4, 0.5) is 0 Å². The summed E-state index contributed by atoms with van der Waals surface area (Å²) in [4.78, 5) is 11.2. The third-order valence-corrected chi connectivity index (χ3v) is 3.28. The number of benzene rings is 2. The molecule has 0 aliphatic rings. The molecule has 104 valence electrons. The summed E-state index contributed by atoms with van der Waals surface area (Å²) >= 11 is 0. The van der Waals surface area contributed by atoms with Gasteiger partial charge in [0.25, 0.3) is 0 Å². The number of unbranched alkanes of at least 4 members (excludes halogenated alkanes) is 1. The molecule has 0 aliphatic carbocycles. The normalized spacial score (nSPS) is 10.3. The van der Waals surface area contributed by atoms with Crippen molar-refractivity contribution in [1.82, 2.24) is 0 Å². The lowest BCUT2D eigenvalue weighted by atomic mass is 10.0. The summed E-state index contributed by atoms with van der Waals surface area (Å²) in [5.41, 5.74) is 3.98. The molecule has 0 aliphatic heterocycles. The average Bonchev–Trinajstić information content (AvgIpc) is 2.48. The lowest BCUT2D eigenvalue weighted by molar-refractivity contribution is 0.111. The topological polar surface area (TPSA) is 26.3 Å². The summed E-state index contributed by atoms with van der Waals surface area (Å²) in [7, 11) is 0. The molecule has 2 rings (SSSR count). The van der Waals surface area contributed by atoms with Gasteiger partial charge in [0, 0.05) is 0 Å². The Balaban J connectivity index is 2.24. The van der Waals surface area contributed by atoms with Crippen molar-refractivity contribution in [3.8, 4) is 16.9 Å². The van der Waals surface area contributed by atoms with E-state index in [2.05, 4.69) is 38.1 Å². The van der Waals surface area contributed by atoms with E-state index in [1.165, 1.54) is 5.56 Å². The van der Waals surface area contributed by atoms with Crippen molar-refractivity contribution in [2.24, 2.45) is 0 Å². The van der Waals surface area contributed by atoms with Crippen LogP contribution in [0.3, 0.4) is 0 Å². The van der Waals surface area contributed by atoms with Crippen molar-refractivity contribution >= 4 is 6.29 Å². The second-order valence-electron chi connectivity index (χ2n) is 4.94. The highest BCUT2D eigenvalue weighted by Gasteiger charge is 2.06. The van der Waals surface area contributed by atoms with Crippen molar-refractivity contribution < 1.29 is 9.53 Å². The predicted octanol–water partition coefficient (Wildman–Crippen LogP) is 4.65. The molecule has 0 atom stereocenters. The van der Waals surface area contributed by atoms with E-state index in [1.807, 2.05) is 18.2 Å². The minimum atomic E-state index is 0.610. The fourth-order valence-electron chi connectivity index (χ4n) is 2.02. The first-order valence-corrected chi connectivity index (χ1v) is 7.03. The zero-order valence-electron chi connectivity index (χ0n) is 12.1. The molecule has 0 bridgehead atoms. The van der Waals surface area contributed by atoms with Gasteiger partial charge in [0.05, 0.1) is 12.2 Å².